The molecule has 2 aromatic rings. The lowest BCUT2D eigenvalue weighted by Gasteiger charge is -2.09. The van der Waals surface area contributed by atoms with Gasteiger partial charge in [0.05, 0.1) is 0 Å². The molecule has 0 spiro atoms. The molecule has 0 aliphatic rings. The summed E-state index contributed by atoms with van der Waals surface area (Å²) >= 11 is 0. The Bertz CT molecular complexity index is 604. The molecule has 3 N–H and O–H groups in total. The number of benzene rings is 1. The Morgan fingerprint density at radius 3 is 2.74 bits per heavy atom. The van der Waals surface area contributed by atoms with Gasteiger partial charge in [0, 0.05) is 22.8 Å². The second kappa shape index (κ2) is 4.83. The van der Waals surface area contributed by atoms with Crippen LogP contribution in [0.4, 0.5) is 18.9 Å². The minimum absolute atomic E-state index is 0.163. The second-order valence-corrected chi connectivity index (χ2v) is 4.15. The molecule has 1 amide bonds. The zero-order chi connectivity index (χ0) is 14.0. The molecule has 0 aliphatic heterocycles. The van der Waals surface area contributed by atoms with Gasteiger partial charge in [-0.25, -0.2) is 0 Å². The van der Waals surface area contributed by atoms with E-state index in [-0.39, 0.29) is 6.54 Å². The van der Waals surface area contributed by atoms with Crippen molar-refractivity contribution in [2.24, 2.45) is 0 Å². The standard InChI is InChI=1S/C12H12F3N3O/c13-12(14,15)7-17-11(19)6-18-4-3-8-5-9(16)1-2-10(8)18/h1-5H,6-7,16H2,(H,17,19). The first kappa shape index (κ1) is 13.3. The summed E-state index contributed by atoms with van der Waals surface area (Å²) in [6.45, 7) is -1.48. The van der Waals surface area contributed by atoms with Gasteiger partial charge in [-0.15, -0.1) is 0 Å². The Balaban J connectivity index is 2.07. The van der Waals surface area contributed by atoms with Crippen LogP contribution in [0.5, 0.6) is 0 Å². The molecule has 0 saturated heterocycles. The van der Waals surface area contributed by atoms with Crippen LogP contribution < -0.4 is 11.1 Å². The quantitative estimate of drug-likeness (QED) is 0.838. The number of carbonyl (C=O) groups is 1. The van der Waals surface area contributed by atoms with E-state index in [1.807, 2.05) is 5.32 Å². The number of nitrogen functional groups attached to an aromatic ring is 1. The maximum absolute atomic E-state index is 12.0. The van der Waals surface area contributed by atoms with Crippen LogP contribution in [-0.4, -0.2) is 23.2 Å². The maximum Gasteiger partial charge on any atom is 0.405 e. The number of halogens is 3. The van der Waals surface area contributed by atoms with E-state index in [1.165, 1.54) is 0 Å². The van der Waals surface area contributed by atoms with E-state index in [1.54, 1.807) is 35.0 Å². The van der Waals surface area contributed by atoms with E-state index in [2.05, 4.69) is 0 Å². The summed E-state index contributed by atoms with van der Waals surface area (Å²) < 4.78 is 37.4. The average Bonchev–Trinajstić information content (AvgIpc) is 2.68. The van der Waals surface area contributed by atoms with Crippen molar-refractivity contribution in [3.63, 3.8) is 0 Å². The van der Waals surface area contributed by atoms with Crippen LogP contribution in [0.3, 0.4) is 0 Å². The number of hydrogen-bond acceptors (Lipinski definition) is 2. The monoisotopic (exact) mass is 271 g/mol. The summed E-state index contributed by atoms with van der Waals surface area (Å²) in [5.41, 5.74) is 6.95. The molecule has 0 saturated carbocycles. The normalized spacial score (nSPS) is 11.7. The van der Waals surface area contributed by atoms with Crippen LogP contribution in [0.1, 0.15) is 0 Å². The molecule has 0 fully saturated rings. The molecular formula is C12H12F3N3O. The van der Waals surface area contributed by atoms with Crippen molar-refractivity contribution in [1.29, 1.82) is 0 Å². The molecule has 1 heterocycles. The highest BCUT2D eigenvalue weighted by Gasteiger charge is 2.27. The molecule has 102 valence electrons. The topological polar surface area (TPSA) is 60.0 Å². The van der Waals surface area contributed by atoms with Gasteiger partial charge in [0.25, 0.3) is 0 Å². The zero-order valence-electron chi connectivity index (χ0n) is 9.87. The molecule has 1 aromatic heterocycles. The number of nitrogens with one attached hydrogen (secondary N) is 1. The summed E-state index contributed by atoms with van der Waals surface area (Å²) in [6.07, 6.45) is -2.76. The van der Waals surface area contributed by atoms with Gasteiger partial charge in [-0.05, 0) is 24.3 Å². The van der Waals surface area contributed by atoms with E-state index in [0.29, 0.717) is 5.69 Å². The van der Waals surface area contributed by atoms with Gasteiger partial charge in [-0.3, -0.25) is 4.79 Å². The Kier molecular flexibility index (Phi) is 3.37. The number of nitrogens with two attached hydrogens (primary N) is 1. The number of carbonyl (C=O) groups excluding carboxylic acids is 1. The highest BCUT2D eigenvalue weighted by molar-refractivity contribution is 5.85. The average molecular weight is 271 g/mol. The van der Waals surface area contributed by atoms with Crippen LogP contribution >= 0.6 is 0 Å². The van der Waals surface area contributed by atoms with E-state index >= 15 is 0 Å². The first-order valence-corrected chi connectivity index (χ1v) is 5.53. The number of nitrogens with zero attached hydrogens (tertiary/aromatic N) is 1. The van der Waals surface area contributed by atoms with E-state index < -0.39 is 18.6 Å². The molecule has 0 unspecified atom stereocenters. The first-order chi connectivity index (χ1) is 8.85. The summed E-state index contributed by atoms with van der Waals surface area (Å²) in [5, 5.41) is 2.66. The van der Waals surface area contributed by atoms with Crippen molar-refractivity contribution in [3.05, 3.63) is 30.5 Å². The molecule has 1 aromatic carbocycles. The highest BCUT2D eigenvalue weighted by Crippen LogP contribution is 2.18. The van der Waals surface area contributed by atoms with Crippen molar-refractivity contribution >= 4 is 22.5 Å². The van der Waals surface area contributed by atoms with E-state index in [0.717, 1.165) is 10.9 Å². The first-order valence-electron chi connectivity index (χ1n) is 5.53. The third kappa shape index (κ3) is 3.40. The van der Waals surface area contributed by atoms with E-state index in [4.69, 9.17) is 5.73 Å². The van der Waals surface area contributed by atoms with Crippen LogP contribution in [0, 0.1) is 0 Å². The summed E-state index contributed by atoms with van der Waals surface area (Å²) in [7, 11) is 0. The molecule has 4 nitrogen and oxygen atoms in total. The van der Waals surface area contributed by atoms with Crippen LogP contribution in [0.25, 0.3) is 10.9 Å². The number of fused-ring (bicyclic) bond motifs is 1. The number of alkyl halides is 3. The van der Waals surface area contributed by atoms with Crippen LogP contribution in [0.2, 0.25) is 0 Å². The van der Waals surface area contributed by atoms with Gasteiger partial charge >= 0.3 is 6.18 Å². The third-order valence-corrected chi connectivity index (χ3v) is 2.60. The SMILES string of the molecule is Nc1ccc2c(ccn2CC(=O)NCC(F)(F)F)c1. The molecule has 0 atom stereocenters. The van der Waals surface area contributed by atoms with Crippen molar-refractivity contribution in [3.8, 4) is 0 Å². The summed E-state index contributed by atoms with van der Waals surface area (Å²) in [5.74, 6) is -0.688. The largest absolute Gasteiger partial charge is 0.405 e. The number of anilines is 1. The summed E-state index contributed by atoms with van der Waals surface area (Å²) in [4.78, 5) is 11.4. The molecular weight excluding hydrogens is 259 g/mol. The Morgan fingerprint density at radius 1 is 1.32 bits per heavy atom. The Hall–Kier alpha value is -2.18. The lowest BCUT2D eigenvalue weighted by Crippen LogP contribution is -2.35. The lowest BCUT2D eigenvalue weighted by atomic mass is 10.2. The fourth-order valence-electron chi connectivity index (χ4n) is 1.77. The van der Waals surface area contributed by atoms with Crippen molar-refractivity contribution in [2.45, 2.75) is 12.7 Å². The zero-order valence-corrected chi connectivity index (χ0v) is 9.87. The minimum Gasteiger partial charge on any atom is -0.399 e. The highest BCUT2D eigenvalue weighted by atomic mass is 19.4. The molecule has 0 bridgehead atoms. The fourth-order valence-corrected chi connectivity index (χ4v) is 1.77. The fraction of sp³-hybridized carbons (Fsp3) is 0.250. The van der Waals surface area contributed by atoms with Gasteiger partial charge in [-0.1, -0.05) is 0 Å². The molecule has 2 rings (SSSR count). The van der Waals surface area contributed by atoms with Gasteiger partial charge in [0.15, 0.2) is 0 Å². The number of rotatable bonds is 3. The summed E-state index contributed by atoms with van der Waals surface area (Å²) in [6, 6.07) is 6.89. The van der Waals surface area contributed by atoms with Crippen molar-refractivity contribution in [1.82, 2.24) is 9.88 Å². The molecule has 0 radical (unpaired) electrons. The lowest BCUT2D eigenvalue weighted by molar-refractivity contribution is -0.138. The van der Waals surface area contributed by atoms with Crippen molar-refractivity contribution < 1.29 is 18.0 Å². The van der Waals surface area contributed by atoms with E-state index in [9.17, 15) is 18.0 Å². The molecule has 19 heavy (non-hydrogen) atoms. The van der Waals surface area contributed by atoms with Crippen molar-refractivity contribution in [2.75, 3.05) is 12.3 Å². The van der Waals surface area contributed by atoms with Crippen LogP contribution in [0.15, 0.2) is 30.5 Å². The number of aromatic nitrogens is 1. The number of hydrogen-bond donors (Lipinski definition) is 2. The minimum atomic E-state index is -4.40. The maximum atomic E-state index is 12.0. The van der Waals surface area contributed by atoms with Gasteiger partial charge in [0.1, 0.15) is 13.1 Å². The number of amides is 1. The predicted molar refractivity (Wildman–Crippen MR) is 65.4 cm³/mol. The Labute approximate surface area is 107 Å². The second-order valence-electron chi connectivity index (χ2n) is 4.15. The smallest absolute Gasteiger partial charge is 0.399 e. The predicted octanol–water partition coefficient (Wildman–Crippen LogP) is 1.90. The van der Waals surface area contributed by atoms with Crippen LogP contribution in [-0.2, 0) is 11.3 Å². The van der Waals surface area contributed by atoms with Gasteiger partial charge in [-0.2, -0.15) is 13.2 Å². The molecule has 7 heteroatoms. The van der Waals surface area contributed by atoms with Gasteiger partial charge in [0.2, 0.25) is 5.91 Å². The molecule has 0 aliphatic carbocycles. The Morgan fingerprint density at radius 2 is 2.05 bits per heavy atom. The third-order valence-electron chi connectivity index (χ3n) is 2.60. The van der Waals surface area contributed by atoms with Gasteiger partial charge < -0.3 is 15.6 Å².